The minimum Gasteiger partial charge on any atom is -0.346 e. The van der Waals surface area contributed by atoms with E-state index in [1.165, 1.54) is 12.3 Å². The van der Waals surface area contributed by atoms with Crippen molar-refractivity contribution in [2.75, 3.05) is 0 Å². The summed E-state index contributed by atoms with van der Waals surface area (Å²) in [6.45, 7) is 0. The molecule has 5 heteroatoms. The number of aromatic nitrogens is 3. The van der Waals surface area contributed by atoms with Gasteiger partial charge < -0.3 is 4.98 Å². The predicted molar refractivity (Wildman–Crippen MR) is 71.3 cm³/mol. The minimum absolute atomic E-state index is 0.529. The van der Waals surface area contributed by atoms with Crippen molar-refractivity contribution in [3.63, 3.8) is 0 Å². The van der Waals surface area contributed by atoms with Crippen LogP contribution in [0.2, 0.25) is 5.02 Å². The minimum atomic E-state index is -0.529. The van der Waals surface area contributed by atoms with Crippen LogP contribution in [0.4, 0.5) is 4.39 Å². The number of H-pyrrole nitrogens is 1. The van der Waals surface area contributed by atoms with Gasteiger partial charge in [0.25, 0.3) is 0 Å². The Morgan fingerprint density at radius 3 is 2.79 bits per heavy atom. The van der Waals surface area contributed by atoms with Crippen molar-refractivity contribution in [2.45, 2.75) is 0 Å². The monoisotopic (exact) mass is 271 g/mol. The SMILES string of the molecule is Fc1ccc(C#Cc2cnc3[nH]ccc3c2Cl)cn1. The van der Waals surface area contributed by atoms with E-state index < -0.39 is 5.95 Å². The van der Waals surface area contributed by atoms with Crippen molar-refractivity contribution in [1.29, 1.82) is 0 Å². The fourth-order valence-corrected chi connectivity index (χ4v) is 1.90. The average molecular weight is 272 g/mol. The Labute approximate surface area is 113 Å². The van der Waals surface area contributed by atoms with Gasteiger partial charge in [0.1, 0.15) is 5.65 Å². The van der Waals surface area contributed by atoms with Gasteiger partial charge in [-0.15, -0.1) is 0 Å². The van der Waals surface area contributed by atoms with Gasteiger partial charge in [0.05, 0.1) is 10.6 Å². The van der Waals surface area contributed by atoms with Gasteiger partial charge in [-0.2, -0.15) is 4.39 Å². The molecule has 0 amide bonds. The van der Waals surface area contributed by atoms with E-state index in [2.05, 4.69) is 26.8 Å². The van der Waals surface area contributed by atoms with Crippen molar-refractivity contribution >= 4 is 22.6 Å². The Bertz CT molecular complexity index is 797. The van der Waals surface area contributed by atoms with E-state index >= 15 is 0 Å². The molecular weight excluding hydrogens is 265 g/mol. The third-order valence-corrected chi connectivity index (χ3v) is 3.00. The van der Waals surface area contributed by atoms with E-state index in [0.717, 1.165) is 11.0 Å². The van der Waals surface area contributed by atoms with Crippen molar-refractivity contribution in [2.24, 2.45) is 0 Å². The van der Waals surface area contributed by atoms with Crippen LogP contribution in [-0.2, 0) is 0 Å². The van der Waals surface area contributed by atoms with Crippen LogP contribution in [0.1, 0.15) is 11.1 Å². The van der Waals surface area contributed by atoms with E-state index in [0.29, 0.717) is 16.1 Å². The van der Waals surface area contributed by atoms with Gasteiger partial charge in [0.15, 0.2) is 0 Å². The van der Waals surface area contributed by atoms with Gasteiger partial charge in [-0.25, -0.2) is 9.97 Å². The lowest BCUT2D eigenvalue weighted by Gasteiger charge is -1.96. The lowest BCUT2D eigenvalue weighted by molar-refractivity contribution is 0.583. The number of nitrogens with one attached hydrogen (secondary N) is 1. The summed E-state index contributed by atoms with van der Waals surface area (Å²) in [6, 6.07) is 4.67. The van der Waals surface area contributed by atoms with E-state index in [9.17, 15) is 4.39 Å². The normalized spacial score (nSPS) is 10.2. The lowest BCUT2D eigenvalue weighted by atomic mass is 10.2. The number of pyridine rings is 2. The molecule has 3 rings (SSSR count). The summed E-state index contributed by atoms with van der Waals surface area (Å²) in [5.41, 5.74) is 1.96. The maximum atomic E-state index is 12.7. The molecule has 0 aliphatic rings. The standard InChI is InChI=1S/C14H7ClFN3/c15-13-10(8-19-14-11(13)5-6-17-14)3-1-9-2-4-12(16)18-7-9/h2,4-8H,(H,17,19). The highest BCUT2D eigenvalue weighted by atomic mass is 35.5. The van der Waals surface area contributed by atoms with Crippen LogP contribution in [-0.4, -0.2) is 15.0 Å². The summed E-state index contributed by atoms with van der Waals surface area (Å²) >= 11 is 6.24. The zero-order chi connectivity index (χ0) is 13.2. The molecule has 3 nitrogen and oxygen atoms in total. The number of hydrogen-bond acceptors (Lipinski definition) is 2. The van der Waals surface area contributed by atoms with Gasteiger partial charge in [-0.05, 0) is 18.2 Å². The Morgan fingerprint density at radius 2 is 2.00 bits per heavy atom. The summed E-state index contributed by atoms with van der Waals surface area (Å²) in [4.78, 5) is 10.7. The van der Waals surface area contributed by atoms with Gasteiger partial charge in [0.2, 0.25) is 5.95 Å². The third kappa shape index (κ3) is 2.28. The Morgan fingerprint density at radius 1 is 1.11 bits per heavy atom. The van der Waals surface area contributed by atoms with Crippen LogP contribution in [0.15, 0.2) is 36.8 Å². The quantitative estimate of drug-likeness (QED) is 0.504. The molecule has 3 aromatic rings. The molecule has 19 heavy (non-hydrogen) atoms. The van der Waals surface area contributed by atoms with Crippen molar-refractivity contribution in [3.8, 4) is 11.8 Å². The molecule has 1 N–H and O–H groups in total. The molecule has 0 bridgehead atoms. The zero-order valence-corrected chi connectivity index (χ0v) is 10.4. The van der Waals surface area contributed by atoms with Crippen LogP contribution >= 0.6 is 11.6 Å². The molecular formula is C14H7ClFN3. The van der Waals surface area contributed by atoms with Crippen LogP contribution in [0.5, 0.6) is 0 Å². The maximum Gasteiger partial charge on any atom is 0.212 e. The number of aromatic amines is 1. The fourth-order valence-electron chi connectivity index (χ4n) is 1.65. The molecule has 3 heterocycles. The van der Waals surface area contributed by atoms with Gasteiger partial charge in [0, 0.05) is 29.5 Å². The molecule has 0 aliphatic heterocycles. The summed E-state index contributed by atoms with van der Waals surface area (Å²) in [7, 11) is 0. The van der Waals surface area contributed by atoms with Crippen LogP contribution < -0.4 is 0 Å². The zero-order valence-electron chi connectivity index (χ0n) is 9.61. The number of nitrogens with zero attached hydrogens (tertiary/aromatic N) is 2. The topological polar surface area (TPSA) is 41.6 Å². The Hall–Kier alpha value is -2.38. The van der Waals surface area contributed by atoms with Crippen LogP contribution in [0.3, 0.4) is 0 Å². The average Bonchev–Trinajstić information content (AvgIpc) is 2.89. The van der Waals surface area contributed by atoms with Gasteiger partial charge in [-0.1, -0.05) is 23.4 Å². The molecule has 0 aliphatic carbocycles. The second-order valence-corrected chi connectivity index (χ2v) is 4.22. The lowest BCUT2D eigenvalue weighted by Crippen LogP contribution is -1.85. The first kappa shape index (κ1) is 11.7. The highest BCUT2D eigenvalue weighted by molar-refractivity contribution is 6.36. The van der Waals surface area contributed by atoms with Crippen molar-refractivity contribution in [1.82, 2.24) is 15.0 Å². The summed E-state index contributed by atoms with van der Waals surface area (Å²) in [5, 5.41) is 1.37. The largest absolute Gasteiger partial charge is 0.346 e. The first-order valence-corrected chi connectivity index (χ1v) is 5.87. The second-order valence-electron chi connectivity index (χ2n) is 3.85. The molecule has 0 spiro atoms. The molecule has 3 aromatic heterocycles. The van der Waals surface area contributed by atoms with Crippen molar-refractivity contribution < 1.29 is 4.39 Å². The number of hydrogen-bond donors (Lipinski definition) is 1. The second kappa shape index (κ2) is 4.71. The molecule has 92 valence electrons. The summed E-state index contributed by atoms with van der Waals surface area (Å²) in [6.07, 6.45) is 4.74. The van der Waals surface area contributed by atoms with Gasteiger partial charge in [-0.3, -0.25) is 0 Å². The number of halogens is 2. The molecule has 0 radical (unpaired) electrons. The molecule has 0 unspecified atom stereocenters. The van der Waals surface area contributed by atoms with Crippen molar-refractivity contribution in [3.05, 3.63) is 58.9 Å². The van der Waals surface area contributed by atoms with E-state index in [1.54, 1.807) is 18.5 Å². The smallest absolute Gasteiger partial charge is 0.212 e. The van der Waals surface area contributed by atoms with E-state index in [-0.39, 0.29) is 0 Å². The highest BCUT2D eigenvalue weighted by Crippen LogP contribution is 2.24. The van der Waals surface area contributed by atoms with E-state index in [1.807, 2.05) is 6.07 Å². The molecule has 0 atom stereocenters. The van der Waals surface area contributed by atoms with Crippen LogP contribution in [0, 0.1) is 17.8 Å². The van der Waals surface area contributed by atoms with Crippen LogP contribution in [0.25, 0.3) is 11.0 Å². The molecule has 0 aromatic carbocycles. The van der Waals surface area contributed by atoms with E-state index in [4.69, 9.17) is 11.6 Å². The summed E-state index contributed by atoms with van der Waals surface area (Å²) in [5.74, 6) is 5.25. The molecule has 0 saturated carbocycles. The maximum absolute atomic E-state index is 12.7. The summed E-state index contributed by atoms with van der Waals surface area (Å²) < 4.78 is 12.7. The Kier molecular flexibility index (Phi) is 2.90. The molecule has 0 saturated heterocycles. The van der Waals surface area contributed by atoms with Gasteiger partial charge >= 0.3 is 0 Å². The molecule has 0 fully saturated rings. The third-order valence-electron chi connectivity index (χ3n) is 2.59. The first-order valence-electron chi connectivity index (χ1n) is 5.49. The predicted octanol–water partition coefficient (Wildman–Crippen LogP) is 3.15. The Balaban J connectivity index is 2.02. The number of rotatable bonds is 0. The fraction of sp³-hybridized carbons (Fsp3) is 0. The first-order chi connectivity index (χ1) is 9.24. The number of fused-ring (bicyclic) bond motifs is 1. The highest BCUT2D eigenvalue weighted by Gasteiger charge is 2.05.